The first kappa shape index (κ1) is 18.5. The molecule has 0 saturated heterocycles. The zero-order chi connectivity index (χ0) is 19.1. The van der Waals surface area contributed by atoms with Crippen LogP contribution in [-0.2, 0) is 23.1 Å². The molecule has 3 heterocycles. The summed E-state index contributed by atoms with van der Waals surface area (Å²) >= 11 is 1.23. The van der Waals surface area contributed by atoms with E-state index in [0.717, 1.165) is 4.57 Å². The average molecular weight is 397 g/mol. The highest BCUT2D eigenvalue weighted by atomic mass is 32.2. The first-order chi connectivity index (χ1) is 12.3. The van der Waals surface area contributed by atoms with Crippen molar-refractivity contribution < 1.29 is 8.42 Å². The van der Waals surface area contributed by atoms with Crippen LogP contribution in [0.5, 0.6) is 0 Å². The van der Waals surface area contributed by atoms with E-state index < -0.39 is 21.3 Å². The Bertz CT molecular complexity index is 1180. The maximum Gasteiger partial charge on any atom is 0.328 e. The number of nitrogens with one attached hydrogen (secondary N) is 2. The topological polar surface area (TPSA) is 119 Å². The molecule has 0 atom stereocenters. The minimum absolute atomic E-state index is 0.0682. The summed E-state index contributed by atoms with van der Waals surface area (Å²) in [5, 5.41) is 5.92. The number of fused-ring (bicyclic) bond motifs is 1. The molecule has 9 nitrogen and oxygen atoms in total. The number of aryl methyl sites for hydroxylation is 2. The zero-order valence-electron chi connectivity index (χ0n) is 14.6. The van der Waals surface area contributed by atoms with Gasteiger partial charge in [0.1, 0.15) is 9.60 Å². The molecule has 140 valence electrons. The number of sulfonamides is 1. The van der Waals surface area contributed by atoms with E-state index in [1.165, 1.54) is 11.3 Å². The van der Waals surface area contributed by atoms with Crippen molar-refractivity contribution in [1.82, 2.24) is 24.1 Å². The SMILES string of the molecule is CCn1nc(C)c(S(=O)(=O)NCCn2c(=O)[nH]c3ccsc3c2=O)c1C. The largest absolute Gasteiger partial charge is 0.328 e. The molecule has 0 radical (unpaired) electrons. The summed E-state index contributed by atoms with van der Waals surface area (Å²) in [6.45, 7) is 5.61. The Morgan fingerprint density at radius 3 is 2.69 bits per heavy atom. The van der Waals surface area contributed by atoms with Crippen LogP contribution in [0.2, 0.25) is 0 Å². The predicted octanol–water partition coefficient (Wildman–Crippen LogP) is 0.563. The van der Waals surface area contributed by atoms with Crippen molar-refractivity contribution in [3.05, 3.63) is 43.7 Å². The minimum atomic E-state index is -3.80. The van der Waals surface area contributed by atoms with Crippen LogP contribution in [0, 0.1) is 13.8 Å². The van der Waals surface area contributed by atoms with Gasteiger partial charge in [0.15, 0.2) is 0 Å². The summed E-state index contributed by atoms with van der Waals surface area (Å²) in [5.74, 6) is 0. The Morgan fingerprint density at radius 2 is 2.04 bits per heavy atom. The molecule has 0 aliphatic carbocycles. The van der Waals surface area contributed by atoms with Crippen molar-refractivity contribution in [3.63, 3.8) is 0 Å². The van der Waals surface area contributed by atoms with E-state index in [2.05, 4.69) is 14.8 Å². The molecule has 26 heavy (non-hydrogen) atoms. The molecule has 0 bridgehead atoms. The smallest absolute Gasteiger partial charge is 0.306 e. The Labute approximate surface area is 153 Å². The van der Waals surface area contributed by atoms with E-state index in [1.54, 1.807) is 30.0 Å². The quantitative estimate of drug-likeness (QED) is 0.630. The van der Waals surface area contributed by atoms with Crippen LogP contribution in [0.4, 0.5) is 0 Å². The molecule has 0 aliphatic rings. The van der Waals surface area contributed by atoms with Crippen LogP contribution in [0.25, 0.3) is 10.2 Å². The minimum Gasteiger partial charge on any atom is -0.306 e. The summed E-state index contributed by atoms with van der Waals surface area (Å²) in [4.78, 5) is 27.1. The third-order valence-corrected chi connectivity index (χ3v) is 6.72. The molecule has 0 aliphatic heterocycles. The second kappa shape index (κ2) is 6.82. The van der Waals surface area contributed by atoms with Gasteiger partial charge in [0.05, 0.1) is 16.9 Å². The number of hydrogen-bond donors (Lipinski definition) is 2. The number of H-pyrrole nitrogens is 1. The number of nitrogens with zero attached hydrogens (tertiary/aromatic N) is 3. The van der Waals surface area contributed by atoms with Gasteiger partial charge >= 0.3 is 5.69 Å². The highest BCUT2D eigenvalue weighted by Gasteiger charge is 2.24. The summed E-state index contributed by atoms with van der Waals surface area (Å²) in [7, 11) is -3.80. The lowest BCUT2D eigenvalue weighted by molar-refractivity contribution is 0.564. The van der Waals surface area contributed by atoms with Crippen LogP contribution in [-0.4, -0.2) is 34.3 Å². The number of rotatable bonds is 6. The van der Waals surface area contributed by atoms with Crippen LogP contribution in [0.1, 0.15) is 18.3 Å². The molecular formula is C15H19N5O4S2. The Morgan fingerprint density at radius 1 is 1.31 bits per heavy atom. The van der Waals surface area contributed by atoms with E-state index in [-0.39, 0.29) is 18.0 Å². The summed E-state index contributed by atoms with van der Waals surface area (Å²) < 4.78 is 30.7. The fourth-order valence-corrected chi connectivity index (χ4v) is 5.14. The second-order valence-electron chi connectivity index (χ2n) is 5.76. The van der Waals surface area contributed by atoms with Gasteiger partial charge < -0.3 is 4.98 Å². The standard InChI is InChI=1S/C15H19N5O4S2/c1-4-20-10(3)13(9(2)18-20)26(23,24)16-6-7-19-14(21)12-11(5-8-25-12)17-15(19)22/h5,8,16H,4,6-7H2,1-3H3,(H,17,22). The van der Waals surface area contributed by atoms with Gasteiger partial charge in [-0.05, 0) is 32.2 Å². The lowest BCUT2D eigenvalue weighted by atomic mass is 10.4. The van der Waals surface area contributed by atoms with Gasteiger partial charge in [-0.15, -0.1) is 11.3 Å². The Balaban J connectivity index is 1.83. The van der Waals surface area contributed by atoms with Gasteiger partial charge in [-0.1, -0.05) is 0 Å². The molecular weight excluding hydrogens is 378 g/mol. The zero-order valence-corrected chi connectivity index (χ0v) is 16.2. The van der Waals surface area contributed by atoms with Gasteiger partial charge in [-0.25, -0.2) is 17.9 Å². The van der Waals surface area contributed by atoms with Crippen LogP contribution in [0.15, 0.2) is 25.9 Å². The average Bonchev–Trinajstić information content (AvgIpc) is 3.14. The van der Waals surface area contributed by atoms with E-state index in [0.29, 0.717) is 28.1 Å². The van der Waals surface area contributed by atoms with Crippen LogP contribution >= 0.6 is 11.3 Å². The second-order valence-corrected chi connectivity index (χ2v) is 8.38. The van der Waals surface area contributed by atoms with E-state index in [1.807, 2.05) is 6.92 Å². The molecule has 0 saturated carbocycles. The molecule has 2 N–H and O–H groups in total. The lowest BCUT2D eigenvalue weighted by Crippen LogP contribution is -2.38. The normalized spacial score (nSPS) is 12.1. The van der Waals surface area contributed by atoms with Crippen molar-refractivity contribution >= 4 is 31.6 Å². The summed E-state index contributed by atoms with van der Waals surface area (Å²) in [5.41, 5.74) is 0.454. The first-order valence-electron chi connectivity index (χ1n) is 8.00. The molecule has 11 heteroatoms. The van der Waals surface area contributed by atoms with Crippen molar-refractivity contribution in [2.24, 2.45) is 0 Å². The third-order valence-electron chi connectivity index (χ3n) is 4.10. The van der Waals surface area contributed by atoms with E-state index >= 15 is 0 Å². The van der Waals surface area contributed by atoms with Crippen molar-refractivity contribution in [3.8, 4) is 0 Å². The molecule has 0 fully saturated rings. The molecule has 3 aromatic rings. The van der Waals surface area contributed by atoms with E-state index in [4.69, 9.17) is 0 Å². The lowest BCUT2D eigenvalue weighted by Gasteiger charge is -2.08. The summed E-state index contributed by atoms with van der Waals surface area (Å²) in [6.07, 6.45) is 0. The maximum absolute atomic E-state index is 12.6. The highest BCUT2D eigenvalue weighted by molar-refractivity contribution is 7.89. The number of hydrogen-bond acceptors (Lipinski definition) is 6. The molecule has 0 amide bonds. The molecule has 3 aromatic heterocycles. The van der Waals surface area contributed by atoms with Crippen molar-refractivity contribution in [2.75, 3.05) is 6.54 Å². The summed E-state index contributed by atoms with van der Waals surface area (Å²) in [6, 6.07) is 1.66. The highest BCUT2D eigenvalue weighted by Crippen LogP contribution is 2.19. The molecule has 0 spiro atoms. The predicted molar refractivity (Wildman–Crippen MR) is 99.3 cm³/mol. The van der Waals surface area contributed by atoms with E-state index in [9.17, 15) is 18.0 Å². The third kappa shape index (κ3) is 3.13. The van der Waals surface area contributed by atoms with Crippen LogP contribution in [0.3, 0.4) is 0 Å². The van der Waals surface area contributed by atoms with Gasteiger partial charge in [0.2, 0.25) is 10.0 Å². The number of aromatic nitrogens is 4. The fraction of sp³-hybridized carbons (Fsp3) is 0.400. The van der Waals surface area contributed by atoms with Gasteiger partial charge in [0.25, 0.3) is 5.56 Å². The Kier molecular flexibility index (Phi) is 4.86. The molecule has 0 aromatic carbocycles. The number of thiophene rings is 1. The van der Waals surface area contributed by atoms with Gasteiger partial charge in [0, 0.05) is 19.6 Å². The van der Waals surface area contributed by atoms with Gasteiger partial charge in [-0.3, -0.25) is 14.0 Å². The monoisotopic (exact) mass is 397 g/mol. The van der Waals surface area contributed by atoms with Crippen molar-refractivity contribution in [2.45, 2.75) is 38.8 Å². The van der Waals surface area contributed by atoms with Crippen molar-refractivity contribution in [1.29, 1.82) is 0 Å². The maximum atomic E-state index is 12.6. The first-order valence-corrected chi connectivity index (χ1v) is 10.4. The van der Waals surface area contributed by atoms with Gasteiger partial charge in [-0.2, -0.15) is 5.10 Å². The Hall–Kier alpha value is -2.24. The molecule has 3 rings (SSSR count). The fourth-order valence-electron chi connectivity index (χ4n) is 2.92. The molecule has 0 unspecified atom stereocenters. The number of aromatic amines is 1. The van der Waals surface area contributed by atoms with Crippen LogP contribution < -0.4 is 16.0 Å².